The molecule has 5 rings (SSSR count). The average Bonchev–Trinajstić information content (AvgIpc) is 2.83. The first-order chi connectivity index (χ1) is 16.7. The van der Waals surface area contributed by atoms with Gasteiger partial charge in [0.2, 0.25) is 11.2 Å². The molecule has 174 valence electrons. The van der Waals surface area contributed by atoms with E-state index in [1.54, 1.807) is 54.6 Å². The van der Waals surface area contributed by atoms with Crippen LogP contribution < -0.4 is 10.2 Å². The summed E-state index contributed by atoms with van der Waals surface area (Å²) in [4.78, 5) is 25.9. The second-order valence-corrected chi connectivity index (χ2v) is 8.54. The van der Waals surface area contributed by atoms with Gasteiger partial charge in [0.15, 0.2) is 0 Å². The maximum absolute atomic E-state index is 14.1. The highest BCUT2D eigenvalue weighted by Crippen LogP contribution is 2.40. The third-order valence-corrected chi connectivity index (χ3v) is 6.18. The molecule has 0 amide bonds. The minimum atomic E-state index is -4.94. The van der Waals surface area contributed by atoms with Gasteiger partial charge in [0.1, 0.15) is 11.3 Å². The van der Waals surface area contributed by atoms with E-state index in [1.807, 2.05) is 0 Å². The van der Waals surface area contributed by atoms with Crippen molar-refractivity contribution < 1.29 is 27.1 Å². The highest BCUT2D eigenvalue weighted by atomic mass is 79.9. The van der Waals surface area contributed by atoms with Gasteiger partial charge in [-0.2, -0.15) is 13.2 Å². The van der Waals surface area contributed by atoms with Crippen molar-refractivity contribution in [2.75, 3.05) is 0 Å². The van der Waals surface area contributed by atoms with E-state index in [4.69, 9.17) is 9.15 Å². The van der Waals surface area contributed by atoms with Crippen molar-refractivity contribution in [1.82, 2.24) is 0 Å². The zero-order chi connectivity index (χ0) is 24.7. The number of rotatable bonds is 3. The second kappa shape index (κ2) is 8.70. The van der Waals surface area contributed by atoms with E-state index in [-0.39, 0.29) is 27.8 Å². The van der Waals surface area contributed by atoms with E-state index in [2.05, 4.69) is 15.9 Å². The van der Waals surface area contributed by atoms with Crippen molar-refractivity contribution in [3.8, 4) is 16.9 Å². The monoisotopic (exact) mass is 538 g/mol. The first kappa shape index (κ1) is 22.9. The van der Waals surface area contributed by atoms with Crippen molar-refractivity contribution in [3.63, 3.8) is 0 Å². The molecule has 8 heteroatoms. The third kappa shape index (κ3) is 4.21. The molecule has 4 aromatic carbocycles. The van der Waals surface area contributed by atoms with Gasteiger partial charge < -0.3 is 9.15 Å². The Balaban J connectivity index is 1.68. The number of fused-ring (bicyclic) bond motifs is 2. The Kier molecular flexibility index (Phi) is 5.68. The van der Waals surface area contributed by atoms with Gasteiger partial charge >= 0.3 is 12.1 Å². The van der Waals surface area contributed by atoms with E-state index in [9.17, 15) is 22.8 Å². The summed E-state index contributed by atoms with van der Waals surface area (Å²) >= 11 is 3.25. The standard InChI is InChI=1S/C27H14BrF3O4/c28-21-11-4-3-9-19(21)26(33)34-16-12-13-20-22(14-16)35-25(27(29,30)31)23(24(20)32)18-10-5-7-15-6-1-2-8-17(15)18/h1-14H. The van der Waals surface area contributed by atoms with Crippen LogP contribution in [0.3, 0.4) is 0 Å². The number of alkyl halides is 3. The molecular weight excluding hydrogens is 525 g/mol. The zero-order valence-corrected chi connectivity index (χ0v) is 19.3. The maximum atomic E-state index is 14.1. The van der Waals surface area contributed by atoms with Crippen LogP contribution in [0, 0.1) is 0 Å². The fourth-order valence-electron chi connectivity index (χ4n) is 3.91. The van der Waals surface area contributed by atoms with Gasteiger partial charge in [0.25, 0.3) is 0 Å². The summed E-state index contributed by atoms with van der Waals surface area (Å²) in [6.07, 6.45) is -4.94. The number of ether oxygens (including phenoxy) is 1. The summed E-state index contributed by atoms with van der Waals surface area (Å²) < 4.78 is 53.4. The van der Waals surface area contributed by atoms with Gasteiger partial charge in [-0.05, 0) is 56.5 Å². The molecule has 0 fully saturated rings. The molecule has 0 saturated carbocycles. The van der Waals surface area contributed by atoms with Crippen LogP contribution in [-0.4, -0.2) is 5.97 Å². The summed E-state index contributed by atoms with van der Waals surface area (Å²) in [5.41, 5.74) is -1.39. The summed E-state index contributed by atoms with van der Waals surface area (Å²) in [5, 5.41) is 1.11. The van der Waals surface area contributed by atoms with E-state index < -0.39 is 28.9 Å². The minimum absolute atomic E-state index is 0.0626. The predicted molar refractivity (Wildman–Crippen MR) is 130 cm³/mol. The van der Waals surface area contributed by atoms with Crippen LogP contribution in [0.2, 0.25) is 0 Å². The lowest BCUT2D eigenvalue weighted by Crippen LogP contribution is -2.16. The molecule has 1 aromatic heterocycles. The average molecular weight is 539 g/mol. The second-order valence-electron chi connectivity index (χ2n) is 7.69. The lowest BCUT2D eigenvalue weighted by atomic mass is 9.96. The Morgan fingerprint density at radius 2 is 1.57 bits per heavy atom. The lowest BCUT2D eigenvalue weighted by molar-refractivity contribution is -0.152. The Hall–Kier alpha value is -3.91. The molecule has 0 bridgehead atoms. The van der Waals surface area contributed by atoms with Crippen LogP contribution in [0.5, 0.6) is 5.75 Å². The Bertz CT molecular complexity index is 1670. The number of hydrogen-bond donors (Lipinski definition) is 0. The van der Waals surface area contributed by atoms with Gasteiger partial charge in [0.05, 0.1) is 16.5 Å². The predicted octanol–water partition coefficient (Wildman–Crippen LogP) is 7.61. The molecule has 0 aliphatic carbocycles. The molecule has 0 aliphatic heterocycles. The molecule has 1 heterocycles. The normalized spacial score (nSPS) is 11.7. The molecule has 0 saturated heterocycles. The fourth-order valence-corrected chi connectivity index (χ4v) is 4.36. The third-order valence-electron chi connectivity index (χ3n) is 5.48. The molecule has 0 unspecified atom stereocenters. The zero-order valence-electron chi connectivity index (χ0n) is 17.7. The largest absolute Gasteiger partial charge is 0.450 e. The topological polar surface area (TPSA) is 56.5 Å². The Labute approximate surface area is 204 Å². The van der Waals surface area contributed by atoms with E-state index >= 15 is 0 Å². The number of halogens is 4. The first-order valence-corrected chi connectivity index (χ1v) is 11.2. The smallest absolute Gasteiger partial charge is 0.450 e. The number of hydrogen-bond acceptors (Lipinski definition) is 4. The number of carbonyl (C=O) groups excluding carboxylic acids is 1. The van der Waals surface area contributed by atoms with E-state index in [1.165, 1.54) is 24.3 Å². The van der Waals surface area contributed by atoms with Crippen LogP contribution in [-0.2, 0) is 6.18 Å². The number of carbonyl (C=O) groups is 1. The quantitative estimate of drug-likeness (QED) is 0.175. The molecule has 5 aromatic rings. The van der Waals surface area contributed by atoms with Crippen molar-refractivity contribution >= 4 is 43.6 Å². The number of esters is 1. The van der Waals surface area contributed by atoms with Crippen molar-refractivity contribution in [3.05, 3.63) is 111 Å². The van der Waals surface area contributed by atoms with Gasteiger partial charge in [-0.25, -0.2) is 4.79 Å². The van der Waals surface area contributed by atoms with Gasteiger partial charge in [0, 0.05) is 10.5 Å². The van der Waals surface area contributed by atoms with Crippen molar-refractivity contribution in [1.29, 1.82) is 0 Å². The SMILES string of the molecule is O=C(Oc1ccc2c(=O)c(-c3cccc4ccccc34)c(C(F)(F)F)oc2c1)c1ccccc1Br. The summed E-state index contributed by atoms with van der Waals surface area (Å²) in [7, 11) is 0. The Morgan fingerprint density at radius 1 is 0.857 bits per heavy atom. The lowest BCUT2D eigenvalue weighted by Gasteiger charge is -2.15. The highest BCUT2D eigenvalue weighted by molar-refractivity contribution is 9.10. The highest BCUT2D eigenvalue weighted by Gasteiger charge is 2.39. The molecule has 0 spiro atoms. The molecule has 4 nitrogen and oxygen atoms in total. The van der Waals surface area contributed by atoms with Crippen LogP contribution in [0.15, 0.2) is 98.6 Å². The molecule has 35 heavy (non-hydrogen) atoms. The van der Waals surface area contributed by atoms with Gasteiger partial charge in [-0.1, -0.05) is 54.6 Å². The fraction of sp³-hybridized carbons (Fsp3) is 0.0370. The molecule has 0 atom stereocenters. The molecule has 0 aliphatic rings. The van der Waals surface area contributed by atoms with Crippen molar-refractivity contribution in [2.24, 2.45) is 0 Å². The summed E-state index contributed by atoms with van der Waals surface area (Å²) in [6, 6.07) is 21.9. The van der Waals surface area contributed by atoms with Gasteiger partial charge in [-0.15, -0.1) is 0 Å². The molecule has 0 radical (unpaired) electrons. The van der Waals surface area contributed by atoms with Crippen LogP contribution in [0.4, 0.5) is 13.2 Å². The summed E-state index contributed by atoms with van der Waals surface area (Å²) in [6.45, 7) is 0. The minimum Gasteiger partial charge on any atom is -0.450 e. The Morgan fingerprint density at radius 3 is 2.34 bits per heavy atom. The van der Waals surface area contributed by atoms with Crippen molar-refractivity contribution in [2.45, 2.75) is 6.18 Å². The molecule has 0 N–H and O–H groups in total. The molecular formula is C27H14BrF3O4. The van der Waals surface area contributed by atoms with Crippen LogP contribution >= 0.6 is 15.9 Å². The summed E-state index contributed by atoms with van der Waals surface area (Å²) in [5.74, 6) is -2.20. The van der Waals surface area contributed by atoms with E-state index in [0.29, 0.717) is 15.2 Å². The first-order valence-electron chi connectivity index (χ1n) is 10.4. The van der Waals surface area contributed by atoms with Crippen LogP contribution in [0.25, 0.3) is 32.9 Å². The number of benzene rings is 4. The maximum Gasteiger partial charge on any atom is 0.450 e. The van der Waals surface area contributed by atoms with Crippen LogP contribution in [0.1, 0.15) is 16.1 Å². The van der Waals surface area contributed by atoms with Gasteiger partial charge in [-0.3, -0.25) is 4.79 Å². The van der Waals surface area contributed by atoms with E-state index in [0.717, 1.165) is 6.07 Å².